The number of rotatable bonds is 4. The summed E-state index contributed by atoms with van der Waals surface area (Å²) in [5.41, 5.74) is 0.745. The number of non-ortho nitro benzene ring substituents is 1. The van der Waals surface area contributed by atoms with E-state index in [0.717, 1.165) is 15.9 Å². The van der Waals surface area contributed by atoms with E-state index in [1.807, 2.05) is 0 Å². The summed E-state index contributed by atoms with van der Waals surface area (Å²) < 4.78 is 1.13. The van der Waals surface area contributed by atoms with E-state index in [-0.39, 0.29) is 28.6 Å². The SMILES string of the molecule is O=C1N=c2ccccc2=C1c1sc(=O)n(Cc2ccc([N+](=O)[O-])cc2)c1O. The number of benzene rings is 2. The van der Waals surface area contributed by atoms with Crippen molar-refractivity contribution < 1.29 is 14.8 Å². The van der Waals surface area contributed by atoms with Crippen molar-refractivity contribution in [2.45, 2.75) is 6.54 Å². The lowest BCUT2D eigenvalue weighted by Gasteiger charge is -2.05. The van der Waals surface area contributed by atoms with Gasteiger partial charge < -0.3 is 5.11 Å². The van der Waals surface area contributed by atoms with Gasteiger partial charge in [-0.05, 0) is 11.6 Å². The maximum absolute atomic E-state index is 12.4. The van der Waals surface area contributed by atoms with Gasteiger partial charge in [-0.25, -0.2) is 4.99 Å². The molecule has 0 bridgehead atoms. The van der Waals surface area contributed by atoms with E-state index in [9.17, 15) is 24.8 Å². The molecule has 3 aromatic rings. The Morgan fingerprint density at radius 2 is 1.81 bits per heavy atom. The molecule has 0 saturated carbocycles. The number of nitro benzene ring substituents is 1. The molecule has 0 saturated heterocycles. The first kappa shape index (κ1) is 16.9. The van der Waals surface area contributed by atoms with Crippen molar-refractivity contribution in [3.63, 3.8) is 0 Å². The number of nitrogens with zero attached hydrogens (tertiary/aromatic N) is 3. The van der Waals surface area contributed by atoms with Crippen LogP contribution in [-0.4, -0.2) is 20.5 Å². The molecular formula is C18H11N3O5S. The van der Waals surface area contributed by atoms with Gasteiger partial charge in [0.2, 0.25) is 5.88 Å². The Kier molecular flexibility index (Phi) is 3.93. The van der Waals surface area contributed by atoms with Gasteiger partial charge in [-0.3, -0.25) is 24.3 Å². The standard InChI is InChI=1S/C18H11N3O5S/c22-16-14(12-3-1-2-4-13(12)19-16)15-17(23)20(18(24)27-15)9-10-5-7-11(8-6-10)21(25)26/h1-8,23H,9H2. The number of aromatic nitrogens is 1. The minimum absolute atomic E-state index is 0.0272. The molecule has 2 heterocycles. The Morgan fingerprint density at radius 1 is 1.11 bits per heavy atom. The Morgan fingerprint density at radius 3 is 2.52 bits per heavy atom. The summed E-state index contributed by atoms with van der Waals surface area (Å²) in [4.78, 5) is 38.5. The summed E-state index contributed by atoms with van der Waals surface area (Å²) in [7, 11) is 0. The molecule has 0 fully saturated rings. The highest BCUT2D eigenvalue weighted by Crippen LogP contribution is 2.28. The molecule has 27 heavy (non-hydrogen) atoms. The Hall–Kier alpha value is -3.59. The number of hydrogen-bond donors (Lipinski definition) is 1. The van der Waals surface area contributed by atoms with Crippen LogP contribution in [0.5, 0.6) is 5.88 Å². The highest BCUT2D eigenvalue weighted by molar-refractivity contribution is 7.11. The van der Waals surface area contributed by atoms with Crippen molar-refractivity contribution in [1.82, 2.24) is 4.57 Å². The van der Waals surface area contributed by atoms with E-state index in [0.29, 0.717) is 16.1 Å². The molecule has 4 rings (SSSR count). The van der Waals surface area contributed by atoms with Crippen LogP contribution in [0.3, 0.4) is 0 Å². The molecule has 8 nitrogen and oxygen atoms in total. The number of fused-ring (bicyclic) bond motifs is 1. The molecule has 0 atom stereocenters. The van der Waals surface area contributed by atoms with Gasteiger partial charge in [0.1, 0.15) is 4.88 Å². The number of amides is 1. The van der Waals surface area contributed by atoms with Crippen molar-refractivity contribution in [3.8, 4) is 5.88 Å². The van der Waals surface area contributed by atoms with Crippen LogP contribution in [-0.2, 0) is 11.3 Å². The largest absolute Gasteiger partial charge is 0.493 e. The summed E-state index contributed by atoms with van der Waals surface area (Å²) >= 11 is 0.764. The van der Waals surface area contributed by atoms with E-state index >= 15 is 0 Å². The fourth-order valence-electron chi connectivity index (χ4n) is 2.89. The van der Waals surface area contributed by atoms with Crippen LogP contribution in [0.1, 0.15) is 10.4 Å². The van der Waals surface area contributed by atoms with Crippen molar-refractivity contribution in [2.24, 2.45) is 4.99 Å². The zero-order valence-corrected chi connectivity index (χ0v) is 14.5. The van der Waals surface area contributed by atoms with Crippen molar-refractivity contribution >= 4 is 28.5 Å². The average molecular weight is 381 g/mol. The lowest BCUT2D eigenvalue weighted by atomic mass is 10.1. The molecule has 1 aliphatic heterocycles. The molecule has 134 valence electrons. The number of hydrogen-bond acceptors (Lipinski definition) is 6. The molecule has 1 N–H and O–H groups in total. The van der Waals surface area contributed by atoms with Crippen LogP contribution in [0.2, 0.25) is 0 Å². The van der Waals surface area contributed by atoms with Crippen molar-refractivity contribution in [3.05, 3.63) is 89.3 Å². The van der Waals surface area contributed by atoms with Crippen LogP contribution in [0, 0.1) is 10.1 Å². The number of carbonyl (C=O) groups is 1. The van der Waals surface area contributed by atoms with Crippen LogP contribution < -0.4 is 15.4 Å². The zero-order chi connectivity index (χ0) is 19.1. The average Bonchev–Trinajstić information content (AvgIpc) is 3.12. The lowest BCUT2D eigenvalue weighted by Crippen LogP contribution is -2.22. The maximum atomic E-state index is 12.4. The summed E-state index contributed by atoms with van der Waals surface area (Å²) in [6.07, 6.45) is 0. The van der Waals surface area contributed by atoms with Crippen LogP contribution in [0.4, 0.5) is 5.69 Å². The Balaban J connectivity index is 1.78. The molecule has 0 unspecified atom stereocenters. The highest BCUT2D eigenvalue weighted by Gasteiger charge is 2.26. The fraction of sp³-hybridized carbons (Fsp3) is 0.0556. The molecule has 9 heteroatoms. The van der Waals surface area contributed by atoms with Gasteiger partial charge in [-0.15, -0.1) is 0 Å². The topological polar surface area (TPSA) is 115 Å². The molecule has 0 radical (unpaired) electrons. The summed E-state index contributed by atoms with van der Waals surface area (Å²) in [5.74, 6) is -0.825. The first-order valence-electron chi connectivity index (χ1n) is 7.84. The first-order chi connectivity index (χ1) is 13.0. The number of nitro groups is 1. The zero-order valence-electron chi connectivity index (χ0n) is 13.7. The first-order valence-corrected chi connectivity index (χ1v) is 8.66. The van der Waals surface area contributed by atoms with E-state index in [2.05, 4.69) is 4.99 Å². The Labute approximate surface area is 155 Å². The van der Waals surface area contributed by atoms with Gasteiger partial charge in [0.25, 0.3) is 11.6 Å². The third-order valence-electron chi connectivity index (χ3n) is 4.19. The van der Waals surface area contributed by atoms with Crippen molar-refractivity contribution in [2.75, 3.05) is 0 Å². The van der Waals surface area contributed by atoms with E-state index in [1.165, 1.54) is 24.3 Å². The van der Waals surface area contributed by atoms with Crippen LogP contribution >= 0.6 is 11.3 Å². The second kappa shape index (κ2) is 6.29. The molecule has 0 aliphatic carbocycles. The van der Waals surface area contributed by atoms with Crippen molar-refractivity contribution in [1.29, 1.82) is 0 Å². The molecular weight excluding hydrogens is 370 g/mol. The summed E-state index contributed by atoms with van der Waals surface area (Å²) in [6, 6.07) is 12.6. The van der Waals surface area contributed by atoms with Crippen LogP contribution in [0.25, 0.3) is 5.57 Å². The predicted octanol–water partition coefficient (Wildman–Crippen LogP) is 0.931. The normalized spacial score (nSPS) is 12.7. The Bertz CT molecular complexity index is 1270. The van der Waals surface area contributed by atoms with Gasteiger partial charge in [-0.1, -0.05) is 41.7 Å². The van der Waals surface area contributed by atoms with Crippen LogP contribution in [0.15, 0.2) is 58.3 Å². The molecule has 1 amide bonds. The number of carbonyl (C=O) groups excluding carboxylic acids is 1. The smallest absolute Gasteiger partial charge is 0.310 e. The lowest BCUT2D eigenvalue weighted by molar-refractivity contribution is -0.384. The quantitative estimate of drug-likeness (QED) is 0.533. The number of aromatic hydroxyl groups is 1. The molecule has 0 spiro atoms. The summed E-state index contributed by atoms with van der Waals surface area (Å²) in [6.45, 7) is 0.0272. The van der Waals surface area contributed by atoms with E-state index < -0.39 is 15.7 Å². The van der Waals surface area contributed by atoms with E-state index in [4.69, 9.17) is 0 Å². The second-order valence-electron chi connectivity index (χ2n) is 5.84. The molecule has 1 aromatic heterocycles. The van der Waals surface area contributed by atoms with E-state index in [1.54, 1.807) is 24.3 Å². The van der Waals surface area contributed by atoms with Gasteiger partial charge in [-0.2, -0.15) is 0 Å². The monoisotopic (exact) mass is 381 g/mol. The van der Waals surface area contributed by atoms with Gasteiger partial charge in [0, 0.05) is 17.4 Å². The highest BCUT2D eigenvalue weighted by atomic mass is 32.1. The van der Waals surface area contributed by atoms with Gasteiger partial charge in [0.15, 0.2) is 0 Å². The number of para-hydroxylation sites is 1. The van der Waals surface area contributed by atoms with Gasteiger partial charge >= 0.3 is 4.87 Å². The minimum Gasteiger partial charge on any atom is -0.493 e. The van der Waals surface area contributed by atoms with Gasteiger partial charge in [0.05, 0.1) is 22.4 Å². The third-order valence-corrected chi connectivity index (χ3v) is 5.18. The molecule has 2 aromatic carbocycles. The maximum Gasteiger partial charge on any atom is 0.310 e. The minimum atomic E-state index is -0.514. The second-order valence-corrected chi connectivity index (χ2v) is 6.80. The molecule has 1 aliphatic rings. The third kappa shape index (κ3) is 2.83. The summed E-state index contributed by atoms with van der Waals surface area (Å²) in [5, 5.41) is 22.4. The predicted molar refractivity (Wildman–Crippen MR) is 97.2 cm³/mol. The number of thiazole rings is 1. The fourth-order valence-corrected chi connectivity index (χ4v) is 3.82.